The first kappa shape index (κ1) is 32.0. The summed E-state index contributed by atoms with van der Waals surface area (Å²) in [7, 11) is 0. The van der Waals surface area contributed by atoms with Crippen molar-refractivity contribution < 1.29 is 0 Å². The van der Waals surface area contributed by atoms with Gasteiger partial charge in [0.25, 0.3) is 0 Å². The van der Waals surface area contributed by atoms with Crippen molar-refractivity contribution in [3.8, 4) is 33.4 Å². The molecule has 0 amide bonds. The van der Waals surface area contributed by atoms with Gasteiger partial charge in [-0.1, -0.05) is 158 Å². The average Bonchev–Trinajstić information content (AvgIpc) is 3.84. The summed E-state index contributed by atoms with van der Waals surface area (Å²) in [6.07, 6.45) is 0. The Hall–Kier alpha value is -6.52. The quantitative estimate of drug-likeness (QED) is 0.164. The molecule has 2 heterocycles. The van der Waals surface area contributed by atoms with E-state index in [1.165, 1.54) is 84.5 Å². The van der Waals surface area contributed by atoms with Gasteiger partial charge in [-0.3, -0.25) is 0 Å². The van der Waals surface area contributed by atoms with E-state index < -0.39 is 0 Å². The van der Waals surface area contributed by atoms with Crippen molar-refractivity contribution in [3.05, 3.63) is 200 Å². The highest BCUT2D eigenvalue weighted by atomic mass is 32.1. The normalized spacial score (nSPS) is 11.6. The summed E-state index contributed by atoms with van der Waals surface area (Å²) in [5.74, 6) is 0. The van der Waals surface area contributed by atoms with Crippen molar-refractivity contribution >= 4 is 90.9 Å². The summed E-state index contributed by atoms with van der Waals surface area (Å²) in [5, 5.41) is 7.89. The molecular formula is C52H33NS2. The van der Waals surface area contributed by atoms with Crippen molar-refractivity contribution in [1.29, 1.82) is 0 Å². The average molecular weight is 736 g/mol. The van der Waals surface area contributed by atoms with Crippen LogP contribution in [0.5, 0.6) is 0 Å². The molecule has 0 fully saturated rings. The summed E-state index contributed by atoms with van der Waals surface area (Å²) >= 11 is 3.79. The Morgan fingerprint density at radius 3 is 1.62 bits per heavy atom. The third-order valence-electron chi connectivity index (χ3n) is 10.9. The molecule has 0 saturated heterocycles. The van der Waals surface area contributed by atoms with Crippen molar-refractivity contribution in [2.24, 2.45) is 0 Å². The molecule has 55 heavy (non-hydrogen) atoms. The lowest BCUT2D eigenvalue weighted by molar-refractivity contribution is 1.28. The molecule has 258 valence electrons. The first-order valence-corrected chi connectivity index (χ1v) is 20.3. The molecule has 0 aliphatic heterocycles. The zero-order valence-electron chi connectivity index (χ0n) is 29.8. The molecule has 0 bridgehead atoms. The van der Waals surface area contributed by atoms with Crippen LogP contribution in [0.15, 0.2) is 200 Å². The molecule has 0 aliphatic rings. The van der Waals surface area contributed by atoms with E-state index in [1.807, 2.05) is 22.7 Å². The number of hydrogen-bond acceptors (Lipinski definition) is 3. The summed E-state index contributed by atoms with van der Waals surface area (Å²) in [6.45, 7) is 0. The molecule has 11 rings (SSSR count). The molecule has 2 aromatic heterocycles. The van der Waals surface area contributed by atoms with Crippen LogP contribution >= 0.6 is 22.7 Å². The largest absolute Gasteiger partial charge is 0.310 e. The summed E-state index contributed by atoms with van der Waals surface area (Å²) < 4.78 is 5.33. The molecule has 0 spiro atoms. The van der Waals surface area contributed by atoms with Gasteiger partial charge < -0.3 is 4.90 Å². The van der Waals surface area contributed by atoms with Crippen LogP contribution in [0.3, 0.4) is 0 Å². The van der Waals surface area contributed by atoms with Crippen LogP contribution in [0.2, 0.25) is 0 Å². The van der Waals surface area contributed by atoms with Crippen LogP contribution in [0, 0.1) is 0 Å². The molecule has 0 aliphatic carbocycles. The number of benzene rings is 9. The van der Waals surface area contributed by atoms with Gasteiger partial charge >= 0.3 is 0 Å². The van der Waals surface area contributed by atoms with Crippen LogP contribution in [0.4, 0.5) is 17.1 Å². The molecule has 11 aromatic rings. The standard InChI is InChI=1S/C52H33NS2/c1-2-11-34(12-3-1)35-23-28-39(29-24-35)53(41-15-8-14-38(33-41)44-19-10-20-46-45-17-6-7-22-49(45)54-50(44)46)40-30-25-37(26-31-40)43-18-9-21-47-48-32-27-36-13-4-5-16-42(36)52(48)55-51(43)47/h1-33H. The lowest BCUT2D eigenvalue weighted by atomic mass is 10.00. The van der Waals surface area contributed by atoms with Gasteiger partial charge in [-0.2, -0.15) is 0 Å². The molecule has 0 atom stereocenters. The van der Waals surface area contributed by atoms with Crippen molar-refractivity contribution in [3.63, 3.8) is 0 Å². The van der Waals surface area contributed by atoms with E-state index in [0.717, 1.165) is 17.1 Å². The van der Waals surface area contributed by atoms with E-state index >= 15 is 0 Å². The van der Waals surface area contributed by atoms with E-state index in [9.17, 15) is 0 Å². The Morgan fingerprint density at radius 2 is 0.836 bits per heavy atom. The smallest absolute Gasteiger partial charge is 0.0467 e. The monoisotopic (exact) mass is 735 g/mol. The minimum Gasteiger partial charge on any atom is -0.310 e. The molecule has 3 heteroatoms. The molecule has 0 radical (unpaired) electrons. The van der Waals surface area contributed by atoms with Crippen LogP contribution in [0.25, 0.3) is 84.5 Å². The van der Waals surface area contributed by atoms with E-state index in [0.29, 0.717) is 0 Å². The Bertz CT molecular complexity index is 3190. The zero-order valence-corrected chi connectivity index (χ0v) is 31.4. The predicted octanol–water partition coefficient (Wildman–Crippen LogP) is 16.0. The van der Waals surface area contributed by atoms with E-state index in [4.69, 9.17) is 0 Å². The number of hydrogen-bond donors (Lipinski definition) is 0. The second-order valence-corrected chi connectivity index (χ2v) is 16.1. The zero-order chi connectivity index (χ0) is 36.3. The fourth-order valence-electron chi connectivity index (χ4n) is 8.21. The Morgan fingerprint density at radius 1 is 0.291 bits per heavy atom. The second-order valence-electron chi connectivity index (χ2n) is 14.1. The van der Waals surface area contributed by atoms with Gasteiger partial charge in [0, 0.05) is 57.4 Å². The number of anilines is 3. The van der Waals surface area contributed by atoms with Gasteiger partial charge in [-0.15, -0.1) is 22.7 Å². The molecule has 0 unspecified atom stereocenters. The van der Waals surface area contributed by atoms with Crippen LogP contribution in [0.1, 0.15) is 0 Å². The predicted molar refractivity (Wildman–Crippen MR) is 241 cm³/mol. The Labute approximate surface area is 327 Å². The van der Waals surface area contributed by atoms with Gasteiger partial charge in [-0.05, 0) is 86.6 Å². The lowest BCUT2D eigenvalue weighted by Crippen LogP contribution is -2.10. The maximum Gasteiger partial charge on any atom is 0.0467 e. The van der Waals surface area contributed by atoms with Crippen molar-refractivity contribution in [2.75, 3.05) is 4.90 Å². The first-order valence-electron chi connectivity index (χ1n) is 18.7. The van der Waals surface area contributed by atoms with Crippen LogP contribution < -0.4 is 4.90 Å². The molecule has 1 nitrogen and oxygen atoms in total. The van der Waals surface area contributed by atoms with E-state index in [-0.39, 0.29) is 0 Å². The van der Waals surface area contributed by atoms with E-state index in [2.05, 4.69) is 205 Å². The summed E-state index contributed by atoms with van der Waals surface area (Å²) in [6, 6.07) is 73.2. The van der Waals surface area contributed by atoms with E-state index in [1.54, 1.807) is 0 Å². The fraction of sp³-hybridized carbons (Fsp3) is 0. The third kappa shape index (κ3) is 5.43. The maximum atomic E-state index is 2.39. The summed E-state index contributed by atoms with van der Waals surface area (Å²) in [5.41, 5.74) is 10.7. The number of nitrogens with zero attached hydrogens (tertiary/aromatic N) is 1. The minimum atomic E-state index is 1.11. The second kappa shape index (κ2) is 13.1. The van der Waals surface area contributed by atoms with Gasteiger partial charge in [0.2, 0.25) is 0 Å². The van der Waals surface area contributed by atoms with Crippen LogP contribution in [-0.4, -0.2) is 0 Å². The third-order valence-corrected chi connectivity index (χ3v) is 13.4. The Balaban J connectivity index is 1.03. The first-order chi connectivity index (χ1) is 27.3. The van der Waals surface area contributed by atoms with Crippen molar-refractivity contribution in [1.82, 2.24) is 0 Å². The highest BCUT2D eigenvalue weighted by Crippen LogP contribution is 2.45. The summed E-state index contributed by atoms with van der Waals surface area (Å²) in [4.78, 5) is 2.39. The Kier molecular flexibility index (Phi) is 7.61. The molecule has 0 N–H and O–H groups in total. The lowest BCUT2D eigenvalue weighted by Gasteiger charge is -2.26. The molecule has 9 aromatic carbocycles. The highest BCUT2D eigenvalue weighted by Gasteiger charge is 2.17. The van der Waals surface area contributed by atoms with Gasteiger partial charge in [0.05, 0.1) is 0 Å². The molecule has 0 saturated carbocycles. The maximum absolute atomic E-state index is 2.39. The van der Waals surface area contributed by atoms with Gasteiger partial charge in [0.1, 0.15) is 0 Å². The fourth-order valence-corrected chi connectivity index (χ4v) is 10.8. The van der Waals surface area contributed by atoms with Crippen molar-refractivity contribution in [2.45, 2.75) is 0 Å². The van der Waals surface area contributed by atoms with Gasteiger partial charge in [0.15, 0.2) is 0 Å². The number of fused-ring (bicyclic) bond motifs is 8. The minimum absolute atomic E-state index is 1.11. The van der Waals surface area contributed by atoms with Gasteiger partial charge in [-0.25, -0.2) is 0 Å². The topological polar surface area (TPSA) is 3.24 Å². The molecular weight excluding hydrogens is 703 g/mol. The number of rotatable bonds is 6. The number of thiophene rings is 2. The highest BCUT2D eigenvalue weighted by molar-refractivity contribution is 7.27. The van der Waals surface area contributed by atoms with Crippen LogP contribution in [-0.2, 0) is 0 Å². The SMILES string of the molecule is c1ccc(-c2ccc(N(c3ccc(-c4cccc5c4sc4c6ccccc6ccc54)cc3)c3cccc(-c4cccc5c4sc4ccccc45)c3)cc2)cc1.